The number of rotatable bonds is 4. The lowest BCUT2D eigenvalue weighted by atomic mass is 10.1. The largest absolute Gasteiger partial charge is 0.311 e. The summed E-state index contributed by atoms with van der Waals surface area (Å²) in [6.45, 7) is 4.87. The van der Waals surface area contributed by atoms with E-state index >= 15 is 0 Å². The van der Waals surface area contributed by atoms with Gasteiger partial charge in [-0.3, -0.25) is 4.79 Å². The molecule has 0 fully saturated rings. The van der Waals surface area contributed by atoms with Gasteiger partial charge in [0.1, 0.15) is 0 Å². The summed E-state index contributed by atoms with van der Waals surface area (Å²) in [5.41, 5.74) is 3.73. The minimum Gasteiger partial charge on any atom is -0.311 e. The van der Waals surface area contributed by atoms with E-state index in [9.17, 15) is 4.79 Å². The number of benzene rings is 2. The van der Waals surface area contributed by atoms with Crippen LogP contribution in [0.4, 0.5) is 17.3 Å². The van der Waals surface area contributed by atoms with Crippen LogP contribution in [0.1, 0.15) is 29.8 Å². The van der Waals surface area contributed by atoms with E-state index in [0.29, 0.717) is 11.5 Å². The van der Waals surface area contributed by atoms with E-state index < -0.39 is 0 Å². The summed E-state index contributed by atoms with van der Waals surface area (Å²) in [7, 11) is 0. The van der Waals surface area contributed by atoms with E-state index in [4.69, 9.17) is 0 Å². The van der Waals surface area contributed by atoms with Crippen LogP contribution in [0.2, 0.25) is 0 Å². The van der Waals surface area contributed by atoms with Gasteiger partial charge in [0.2, 0.25) is 5.95 Å². The fourth-order valence-corrected chi connectivity index (χ4v) is 3.63. The number of carbonyl (C=O) groups excluding carboxylic acids is 1. The molecule has 0 radical (unpaired) electrons. The first-order chi connectivity index (χ1) is 13.2. The summed E-state index contributed by atoms with van der Waals surface area (Å²) in [6, 6.07) is 18.2. The Morgan fingerprint density at radius 1 is 1.07 bits per heavy atom. The Hall–Kier alpha value is -3.21. The molecule has 3 aromatic rings. The lowest BCUT2D eigenvalue weighted by Gasteiger charge is -2.23. The van der Waals surface area contributed by atoms with Crippen LogP contribution < -0.4 is 9.80 Å². The predicted molar refractivity (Wildman–Crippen MR) is 108 cm³/mol. The number of hydrogen-bond donors (Lipinski definition) is 0. The summed E-state index contributed by atoms with van der Waals surface area (Å²) >= 11 is 0. The van der Waals surface area contributed by atoms with Crippen molar-refractivity contribution in [3.05, 3.63) is 78.1 Å². The molecule has 1 aromatic heterocycles. The van der Waals surface area contributed by atoms with E-state index in [-0.39, 0.29) is 11.9 Å². The number of nitrogens with zero attached hydrogens (tertiary/aromatic N) is 4. The molecule has 0 saturated heterocycles. The summed E-state index contributed by atoms with van der Waals surface area (Å²) in [4.78, 5) is 25.9. The summed E-state index contributed by atoms with van der Waals surface area (Å²) in [5.74, 6) is 0.539. The third-order valence-corrected chi connectivity index (χ3v) is 4.94. The molecule has 4 rings (SSSR count). The average Bonchev–Trinajstić information content (AvgIpc) is 3.05. The molecule has 0 aliphatic carbocycles. The van der Waals surface area contributed by atoms with E-state index in [0.717, 1.165) is 24.3 Å². The van der Waals surface area contributed by atoms with Gasteiger partial charge in [0.25, 0.3) is 5.91 Å². The predicted octanol–water partition coefficient (Wildman–Crippen LogP) is 4.23. The fourth-order valence-electron chi connectivity index (χ4n) is 3.63. The highest BCUT2D eigenvalue weighted by Crippen LogP contribution is 2.33. The van der Waals surface area contributed by atoms with Crippen molar-refractivity contribution >= 4 is 23.2 Å². The van der Waals surface area contributed by atoms with E-state index in [1.54, 1.807) is 12.4 Å². The summed E-state index contributed by atoms with van der Waals surface area (Å²) in [6.07, 6.45) is 4.13. The van der Waals surface area contributed by atoms with Crippen molar-refractivity contribution in [2.24, 2.45) is 0 Å². The first kappa shape index (κ1) is 17.2. The van der Waals surface area contributed by atoms with Crippen molar-refractivity contribution in [1.82, 2.24) is 9.97 Å². The molecule has 0 bridgehead atoms. The quantitative estimate of drug-likeness (QED) is 0.700. The maximum Gasteiger partial charge on any atom is 0.261 e. The third-order valence-electron chi connectivity index (χ3n) is 4.94. The van der Waals surface area contributed by atoms with Crippen LogP contribution >= 0.6 is 0 Å². The Balaban J connectivity index is 1.60. The molecule has 1 unspecified atom stereocenters. The van der Waals surface area contributed by atoms with Gasteiger partial charge in [-0.2, -0.15) is 0 Å². The Morgan fingerprint density at radius 2 is 1.74 bits per heavy atom. The minimum absolute atomic E-state index is 0.0539. The molecule has 1 aliphatic rings. The first-order valence-electron chi connectivity index (χ1n) is 9.25. The van der Waals surface area contributed by atoms with Gasteiger partial charge in [0.15, 0.2) is 0 Å². The van der Waals surface area contributed by atoms with Crippen molar-refractivity contribution in [1.29, 1.82) is 0 Å². The average molecular weight is 358 g/mol. The van der Waals surface area contributed by atoms with Crippen LogP contribution in [-0.4, -0.2) is 28.5 Å². The lowest BCUT2D eigenvalue weighted by Crippen LogP contribution is -2.36. The second kappa shape index (κ2) is 7.19. The molecular formula is C22H22N4O. The van der Waals surface area contributed by atoms with Gasteiger partial charge in [-0.05, 0) is 44.0 Å². The Morgan fingerprint density at radius 3 is 2.44 bits per heavy atom. The number of amides is 1. The van der Waals surface area contributed by atoms with Crippen LogP contribution in [0.25, 0.3) is 0 Å². The highest BCUT2D eigenvalue weighted by molar-refractivity contribution is 6.07. The number of carbonyl (C=O) groups is 1. The van der Waals surface area contributed by atoms with Crippen molar-refractivity contribution in [2.75, 3.05) is 16.3 Å². The molecule has 0 spiro atoms. The van der Waals surface area contributed by atoms with E-state index in [1.165, 1.54) is 5.56 Å². The highest BCUT2D eigenvalue weighted by Gasteiger charge is 2.31. The maximum absolute atomic E-state index is 13.1. The zero-order valence-electron chi connectivity index (χ0n) is 15.5. The Bertz CT molecular complexity index is 940. The molecule has 5 heteroatoms. The van der Waals surface area contributed by atoms with Crippen LogP contribution in [0.5, 0.6) is 0 Å². The molecule has 0 N–H and O–H groups in total. The van der Waals surface area contributed by atoms with Gasteiger partial charge < -0.3 is 9.80 Å². The lowest BCUT2D eigenvalue weighted by molar-refractivity contribution is 0.0981. The number of aromatic nitrogens is 2. The molecule has 5 nitrogen and oxygen atoms in total. The zero-order valence-corrected chi connectivity index (χ0v) is 15.5. The second-order valence-corrected chi connectivity index (χ2v) is 6.71. The number of fused-ring (bicyclic) bond motifs is 1. The second-order valence-electron chi connectivity index (χ2n) is 6.71. The maximum atomic E-state index is 13.1. The highest BCUT2D eigenvalue weighted by atomic mass is 16.2. The molecule has 1 atom stereocenters. The van der Waals surface area contributed by atoms with Gasteiger partial charge in [0, 0.05) is 36.4 Å². The van der Waals surface area contributed by atoms with Crippen LogP contribution in [0.15, 0.2) is 67.0 Å². The standard InChI is InChI=1S/C22H22N4O/c1-3-25(19-10-5-4-6-11-19)22-23-14-18(15-24-22)21(27)26-16(2)13-17-9-7-8-12-20(17)26/h4-12,14-16H,3,13H2,1-2H3. The molecule has 2 aromatic carbocycles. The van der Waals surface area contributed by atoms with Gasteiger partial charge in [0.05, 0.1) is 5.56 Å². The van der Waals surface area contributed by atoms with Crippen LogP contribution in [0.3, 0.4) is 0 Å². The number of anilines is 3. The summed E-state index contributed by atoms with van der Waals surface area (Å²) < 4.78 is 0. The van der Waals surface area contributed by atoms with Gasteiger partial charge >= 0.3 is 0 Å². The van der Waals surface area contributed by atoms with Gasteiger partial charge in [-0.1, -0.05) is 36.4 Å². The molecule has 0 saturated carbocycles. The van der Waals surface area contributed by atoms with E-state index in [1.807, 2.05) is 58.3 Å². The van der Waals surface area contributed by atoms with Gasteiger partial charge in [-0.15, -0.1) is 0 Å². The third kappa shape index (κ3) is 3.16. The molecule has 27 heavy (non-hydrogen) atoms. The summed E-state index contributed by atoms with van der Waals surface area (Å²) in [5, 5.41) is 0. The van der Waals surface area contributed by atoms with E-state index in [2.05, 4.69) is 29.9 Å². The molecular weight excluding hydrogens is 336 g/mol. The van der Waals surface area contributed by atoms with Crippen molar-refractivity contribution in [3.63, 3.8) is 0 Å². The molecule has 136 valence electrons. The van der Waals surface area contributed by atoms with Crippen molar-refractivity contribution in [3.8, 4) is 0 Å². The number of para-hydroxylation sites is 2. The Kier molecular flexibility index (Phi) is 4.59. The van der Waals surface area contributed by atoms with Crippen LogP contribution in [0, 0.1) is 0 Å². The molecule has 2 heterocycles. The SMILES string of the molecule is CCN(c1ccccc1)c1ncc(C(=O)N2c3ccccc3CC2C)cn1. The zero-order chi connectivity index (χ0) is 18.8. The smallest absolute Gasteiger partial charge is 0.261 e. The minimum atomic E-state index is -0.0539. The first-order valence-corrected chi connectivity index (χ1v) is 9.25. The normalized spacial score (nSPS) is 15.5. The van der Waals surface area contributed by atoms with Crippen LogP contribution in [-0.2, 0) is 6.42 Å². The van der Waals surface area contributed by atoms with Gasteiger partial charge in [-0.25, -0.2) is 9.97 Å². The topological polar surface area (TPSA) is 49.3 Å². The Labute approximate surface area is 159 Å². The van der Waals surface area contributed by atoms with Crippen molar-refractivity contribution < 1.29 is 4.79 Å². The number of hydrogen-bond acceptors (Lipinski definition) is 4. The monoisotopic (exact) mass is 358 g/mol. The molecule has 1 amide bonds. The molecule has 1 aliphatic heterocycles. The fraction of sp³-hybridized carbons (Fsp3) is 0.227. The van der Waals surface area contributed by atoms with Crippen molar-refractivity contribution in [2.45, 2.75) is 26.3 Å².